The summed E-state index contributed by atoms with van der Waals surface area (Å²) >= 11 is 2.84. The van der Waals surface area contributed by atoms with Crippen molar-refractivity contribution in [2.24, 2.45) is 4.99 Å². The Morgan fingerprint density at radius 2 is 2.06 bits per heavy atom. The predicted octanol–water partition coefficient (Wildman–Crippen LogP) is 2.53. The molecule has 0 N–H and O–H groups in total. The van der Waals surface area contributed by atoms with Gasteiger partial charge in [0.25, 0.3) is 5.56 Å². The molecule has 0 saturated carbocycles. The van der Waals surface area contributed by atoms with E-state index >= 15 is 0 Å². The number of esters is 1. The lowest BCUT2D eigenvalue weighted by molar-refractivity contribution is -0.136. The lowest BCUT2D eigenvalue weighted by atomic mass is 10.0. The van der Waals surface area contributed by atoms with Gasteiger partial charge in [-0.3, -0.25) is 9.36 Å². The maximum absolute atomic E-state index is 13.5. The van der Waals surface area contributed by atoms with Crippen LogP contribution < -0.4 is 14.9 Å². The Hall–Kier alpha value is -2.75. The van der Waals surface area contributed by atoms with Crippen molar-refractivity contribution < 1.29 is 14.3 Å². The number of ether oxygens (including phenoxy) is 2. The second kappa shape index (κ2) is 9.01. The van der Waals surface area contributed by atoms with Gasteiger partial charge in [0, 0.05) is 29.9 Å². The Morgan fingerprint density at radius 1 is 1.28 bits per heavy atom. The van der Waals surface area contributed by atoms with E-state index in [1.165, 1.54) is 29.8 Å². The van der Waals surface area contributed by atoms with E-state index in [9.17, 15) is 9.59 Å². The molecule has 9 heteroatoms. The fourth-order valence-electron chi connectivity index (χ4n) is 4.05. The molecular weight excluding hydrogens is 446 g/mol. The smallest absolute Gasteiger partial charge is 0.338 e. The van der Waals surface area contributed by atoms with Gasteiger partial charge in [0.1, 0.15) is 6.04 Å². The minimum Gasteiger partial charge on any atom is -0.466 e. The van der Waals surface area contributed by atoms with E-state index < -0.39 is 12.0 Å². The van der Waals surface area contributed by atoms with Gasteiger partial charge in [0.15, 0.2) is 4.80 Å². The van der Waals surface area contributed by atoms with Crippen molar-refractivity contribution in [3.63, 3.8) is 0 Å². The van der Waals surface area contributed by atoms with Crippen molar-refractivity contribution in [3.8, 4) is 0 Å². The number of allylic oxidation sites excluding steroid dienone is 1. The van der Waals surface area contributed by atoms with Gasteiger partial charge in [-0.15, -0.1) is 11.3 Å². The van der Waals surface area contributed by atoms with E-state index in [1.807, 2.05) is 37.4 Å². The average molecular weight is 472 g/mol. The van der Waals surface area contributed by atoms with Crippen LogP contribution in [0.3, 0.4) is 0 Å². The van der Waals surface area contributed by atoms with Gasteiger partial charge in [-0.05, 0) is 49.9 Å². The van der Waals surface area contributed by atoms with Crippen LogP contribution in [-0.4, -0.2) is 35.9 Å². The average Bonchev–Trinajstić information content (AvgIpc) is 3.46. The summed E-state index contributed by atoms with van der Waals surface area (Å²) in [7, 11) is 3.03. The van der Waals surface area contributed by atoms with Gasteiger partial charge in [0.2, 0.25) is 0 Å². The third-order valence-corrected chi connectivity index (χ3v) is 7.57. The lowest BCUT2D eigenvalue weighted by Crippen LogP contribution is -2.39. The zero-order valence-electron chi connectivity index (χ0n) is 18.7. The van der Waals surface area contributed by atoms with Crippen molar-refractivity contribution in [1.29, 1.82) is 0 Å². The molecule has 32 heavy (non-hydrogen) atoms. The third-order valence-electron chi connectivity index (χ3n) is 5.66. The van der Waals surface area contributed by atoms with E-state index in [0.717, 1.165) is 28.4 Å². The number of aromatic nitrogens is 2. The van der Waals surface area contributed by atoms with E-state index in [4.69, 9.17) is 9.47 Å². The third kappa shape index (κ3) is 3.80. The molecule has 0 saturated heterocycles. The highest BCUT2D eigenvalue weighted by atomic mass is 32.1. The Labute approximate surface area is 193 Å². The lowest BCUT2D eigenvalue weighted by Gasteiger charge is -2.22. The van der Waals surface area contributed by atoms with Gasteiger partial charge in [-0.2, -0.15) is 0 Å². The molecule has 0 spiro atoms. The zero-order chi connectivity index (χ0) is 23.0. The molecule has 0 bridgehead atoms. The highest BCUT2D eigenvalue weighted by molar-refractivity contribution is 7.10. The number of nitrogens with zero attached hydrogens (tertiary/aromatic N) is 3. The molecule has 0 radical (unpaired) electrons. The number of methoxy groups -OCH3 is 2. The van der Waals surface area contributed by atoms with Gasteiger partial charge in [0.05, 0.1) is 29.5 Å². The molecule has 1 aliphatic rings. The van der Waals surface area contributed by atoms with Gasteiger partial charge in [-0.25, -0.2) is 9.79 Å². The number of thiophene rings is 1. The molecule has 0 aliphatic carbocycles. The Bertz CT molecular complexity index is 1370. The monoisotopic (exact) mass is 471 g/mol. The summed E-state index contributed by atoms with van der Waals surface area (Å²) in [5.74, 6) is -0.472. The SMILES string of the molecule is COCCn1c(C)cc(/C=c2\sc3n(c2=O)C(c2cccs2)C(C(=O)OC)=C(C)N=3)c1C. The largest absolute Gasteiger partial charge is 0.466 e. The molecule has 0 fully saturated rings. The minimum absolute atomic E-state index is 0.164. The van der Waals surface area contributed by atoms with E-state index in [-0.39, 0.29) is 5.56 Å². The van der Waals surface area contributed by atoms with Crippen molar-refractivity contribution >= 4 is 34.7 Å². The number of carbonyl (C=O) groups is 1. The molecule has 4 rings (SSSR count). The number of hydrogen-bond donors (Lipinski definition) is 0. The predicted molar refractivity (Wildman–Crippen MR) is 126 cm³/mol. The molecule has 1 aliphatic heterocycles. The summed E-state index contributed by atoms with van der Waals surface area (Å²) in [4.78, 5) is 32.2. The molecule has 3 aromatic heterocycles. The summed E-state index contributed by atoms with van der Waals surface area (Å²) in [6, 6.07) is 5.37. The van der Waals surface area contributed by atoms with Crippen LogP contribution in [0.4, 0.5) is 0 Å². The molecule has 0 aromatic carbocycles. The highest BCUT2D eigenvalue weighted by Gasteiger charge is 2.33. The summed E-state index contributed by atoms with van der Waals surface area (Å²) in [6.07, 6.45) is 1.91. The van der Waals surface area contributed by atoms with Crippen LogP contribution in [0.15, 0.2) is 44.6 Å². The van der Waals surface area contributed by atoms with Crippen LogP contribution in [-0.2, 0) is 20.8 Å². The van der Waals surface area contributed by atoms with Crippen molar-refractivity contribution in [1.82, 2.24) is 9.13 Å². The fraction of sp³-hybridized carbons (Fsp3) is 0.348. The summed E-state index contributed by atoms with van der Waals surface area (Å²) in [5, 5.41) is 1.93. The van der Waals surface area contributed by atoms with Crippen LogP contribution in [0.2, 0.25) is 0 Å². The molecular formula is C23H25N3O4S2. The summed E-state index contributed by atoms with van der Waals surface area (Å²) in [5.41, 5.74) is 3.97. The second-order valence-electron chi connectivity index (χ2n) is 7.56. The first-order valence-electron chi connectivity index (χ1n) is 10.2. The number of hydrogen-bond acceptors (Lipinski definition) is 7. The highest BCUT2D eigenvalue weighted by Crippen LogP contribution is 2.33. The van der Waals surface area contributed by atoms with Crippen molar-refractivity contribution in [3.05, 3.63) is 76.4 Å². The molecule has 4 heterocycles. The van der Waals surface area contributed by atoms with E-state index in [2.05, 4.69) is 15.6 Å². The number of rotatable bonds is 6. The van der Waals surface area contributed by atoms with E-state index in [0.29, 0.717) is 27.2 Å². The van der Waals surface area contributed by atoms with Crippen LogP contribution in [0.5, 0.6) is 0 Å². The van der Waals surface area contributed by atoms with Crippen LogP contribution in [0.1, 0.15) is 34.8 Å². The maximum atomic E-state index is 13.5. The quantitative estimate of drug-likeness (QED) is 0.518. The van der Waals surface area contributed by atoms with Crippen molar-refractivity contribution in [2.75, 3.05) is 20.8 Å². The Kier molecular flexibility index (Phi) is 6.32. The molecule has 0 amide bonds. The maximum Gasteiger partial charge on any atom is 0.338 e. The first-order chi connectivity index (χ1) is 15.4. The van der Waals surface area contributed by atoms with Crippen LogP contribution >= 0.6 is 22.7 Å². The molecule has 1 unspecified atom stereocenters. The first kappa shape index (κ1) is 22.4. The number of aryl methyl sites for hydroxylation is 1. The molecule has 168 valence electrons. The first-order valence-corrected chi connectivity index (χ1v) is 11.9. The molecule has 7 nitrogen and oxygen atoms in total. The van der Waals surface area contributed by atoms with E-state index in [1.54, 1.807) is 18.6 Å². The van der Waals surface area contributed by atoms with Gasteiger partial charge < -0.3 is 14.0 Å². The number of carbonyl (C=O) groups excluding carboxylic acids is 1. The summed E-state index contributed by atoms with van der Waals surface area (Å²) < 4.78 is 14.6. The number of thiazole rings is 1. The fourth-order valence-corrected chi connectivity index (χ4v) is 5.91. The minimum atomic E-state index is -0.546. The van der Waals surface area contributed by atoms with Gasteiger partial charge >= 0.3 is 5.97 Å². The topological polar surface area (TPSA) is 74.8 Å². The Balaban J connectivity index is 1.90. The Morgan fingerprint density at radius 3 is 2.72 bits per heavy atom. The number of fused-ring (bicyclic) bond motifs is 1. The normalized spacial score (nSPS) is 16.3. The second-order valence-corrected chi connectivity index (χ2v) is 9.55. The van der Waals surface area contributed by atoms with Crippen LogP contribution in [0.25, 0.3) is 6.08 Å². The summed E-state index contributed by atoms with van der Waals surface area (Å²) in [6.45, 7) is 7.25. The van der Waals surface area contributed by atoms with Gasteiger partial charge in [-0.1, -0.05) is 17.4 Å². The van der Waals surface area contributed by atoms with Crippen molar-refractivity contribution in [2.45, 2.75) is 33.4 Å². The molecule has 1 atom stereocenters. The molecule has 3 aromatic rings. The zero-order valence-corrected chi connectivity index (χ0v) is 20.3. The standard InChI is InChI=1S/C23H25N3O4S2/c1-13-11-16(15(3)25(13)8-9-29-4)12-18-21(27)26-20(17-7-6-10-31-17)19(22(28)30-5)14(2)24-23(26)32-18/h6-7,10-12,20H,8-9H2,1-5H3/b18-12-. The van der Waals surface area contributed by atoms with Crippen LogP contribution in [0, 0.1) is 13.8 Å².